The van der Waals surface area contributed by atoms with E-state index in [2.05, 4.69) is 21.2 Å². The average Bonchev–Trinajstić information content (AvgIpc) is 2.29. The van der Waals surface area contributed by atoms with E-state index in [1.54, 1.807) is 6.07 Å². The van der Waals surface area contributed by atoms with Crippen LogP contribution in [0.25, 0.3) is 0 Å². The first-order chi connectivity index (χ1) is 8.47. The SMILES string of the molecule is CSC(CO)C(C)NC(=O)c1cc(F)cc(Br)c1. The number of nitrogens with one attached hydrogen (secondary N) is 1. The summed E-state index contributed by atoms with van der Waals surface area (Å²) in [7, 11) is 0. The molecule has 6 heteroatoms. The summed E-state index contributed by atoms with van der Waals surface area (Å²) in [5, 5.41) is 11.8. The number of amides is 1. The Hall–Kier alpha value is -0.590. The van der Waals surface area contributed by atoms with E-state index in [1.807, 2.05) is 13.2 Å². The third kappa shape index (κ3) is 4.26. The molecule has 0 saturated heterocycles. The molecular weight excluding hydrogens is 321 g/mol. The Morgan fingerprint density at radius 2 is 2.22 bits per heavy atom. The second-order valence-corrected chi connectivity index (χ2v) is 5.87. The van der Waals surface area contributed by atoms with Gasteiger partial charge in [0, 0.05) is 21.3 Å². The van der Waals surface area contributed by atoms with E-state index in [1.165, 1.54) is 23.9 Å². The van der Waals surface area contributed by atoms with Crippen molar-refractivity contribution in [3.8, 4) is 0 Å². The smallest absolute Gasteiger partial charge is 0.251 e. The highest BCUT2D eigenvalue weighted by molar-refractivity contribution is 9.10. The lowest BCUT2D eigenvalue weighted by molar-refractivity contribution is 0.0935. The van der Waals surface area contributed by atoms with E-state index in [9.17, 15) is 9.18 Å². The van der Waals surface area contributed by atoms with Crippen LogP contribution in [-0.2, 0) is 0 Å². The molecule has 0 spiro atoms. The van der Waals surface area contributed by atoms with Crippen molar-refractivity contribution in [3.63, 3.8) is 0 Å². The van der Waals surface area contributed by atoms with Gasteiger partial charge in [0.15, 0.2) is 0 Å². The minimum atomic E-state index is -0.467. The Balaban J connectivity index is 2.76. The van der Waals surface area contributed by atoms with Crippen molar-refractivity contribution in [2.45, 2.75) is 18.2 Å². The number of halogens is 2. The number of carbonyl (C=O) groups excluding carboxylic acids is 1. The number of thioether (sulfide) groups is 1. The first-order valence-corrected chi connectivity index (χ1v) is 7.46. The summed E-state index contributed by atoms with van der Waals surface area (Å²) in [6.45, 7) is 1.79. The summed E-state index contributed by atoms with van der Waals surface area (Å²) in [4.78, 5) is 11.9. The second kappa shape index (κ2) is 7.11. The van der Waals surface area contributed by atoms with Crippen molar-refractivity contribution >= 4 is 33.6 Å². The number of aliphatic hydroxyl groups is 1. The van der Waals surface area contributed by atoms with Gasteiger partial charge in [-0.2, -0.15) is 11.8 Å². The molecule has 0 aromatic heterocycles. The van der Waals surface area contributed by atoms with E-state index < -0.39 is 5.82 Å². The quantitative estimate of drug-likeness (QED) is 0.868. The molecule has 0 saturated carbocycles. The van der Waals surface area contributed by atoms with Crippen molar-refractivity contribution in [2.75, 3.05) is 12.9 Å². The van der Waals surface area contributed by atoms with Crippen LogP contribution in [-0.4, -0.2) is 35.2 Å². The van der Waals surface area contributed by atoms with Gasteiger partial charge >= 0.3 is 0 Å². The fourth-order valence-corrected chi connectivity index (χ4v) is 2.60. The van der Waals surface area contributed by atoms with Gasteiger partial charge in [-0.25, -0.2) is 4.39 Å². The lowest BCUT2D eigenvalue weighted by Crippen LogP contribution is -2.41. The van der Waals surface area contributed by atoms with Crippen molar-refractivity contribution in [2.24, 2.45) is 0 Å². The van der Waals surface area contributed by atoms with E-state index in [0.717, 1.165) is 0 Å². The zero-order valence-electron chi connectivity index (χ0n) is 10.1. The lowest BCUT2D eigenvalue weighted by Gasteiger charge is -2.21. The third-order valence-electron chi connectivity index (χ3n) is 2.52. The highest BCUT2D eigenvalue weighted by Gasteiger charge is 2.18. The molecule has 0 bridgehead atoms. The summed E-state index contributed by atoms with van der Waals surface area (Å²) in [5.41, 5.74) is 0.256. The third-order valence-corrected chi connectivity index (χ3v) is 4.14. The number of rotatable bonds is 5. The molecule has 3 nitrogen and oxygen atoms in total. The zero-order valence-corrected chi connectivity index (χ0v) is 12.5. The number of benzene rings is 1. The fraction of sp³-hybridized carbons (Fsp3) is 0.417. The van der Waals surface area contributed by atoms with Gasteiger partial charge in [0.25, 0.3) is 5.91 Å². The minimum Gasteiger partial charge on any atom is -0.395 e. The van der Waals surface area contributed by atoms with Gasteiger partial charge in [-0.3, -0.25) is 4.79 Å². The molecule has 0 aliphatic carbocycles. The molecule has 2 N–H and O–H groups in total. The molecule has 2 unspecified atom stereocenters. The second-order valence-electron chi connectivity index (χ2n) is 3.88. The Morgan fingerprint density at radius 1 is 1.56 bits per heavy atom. The molecule has 0 aliphatic rings. The van der Waals surface area contributed by atoms with E-state index in [0.29, 0.717) is 4.47 Å². The van der Waals surface area contributed by atoms with E-state index in [4.69, 9.17) is 5.11 Å². The molecule has 18 heavy (non-hydrogen) atoms. The van der Waals surface area contributed by atoms with Crippen LogP contribution >= 0.6 is 27.7 Å². The van der Waals surface area contributed by atoms with Gasteiger partial charge in [0.1, 0.15) is 5.82 Å². The van der Waals surface area contributed by atoms with Crippen molar-refractivity contribution in [1.29, 1.82) is 0 Å². The van der Waals surface area contributed by atoms with Crippen molar-refractivity contribution < 1.29 is 14.3 Å². The maximum Gasteiger partial charge on any atom is 0.251 e. The highest BCUT2D eigenvalue weighted by atomic mass is 79.9. The van der Waals surface area contributed by atoms with Gasteiger partial charge in [-0.05, 0) is 31.4 Å². The van der Waals surface area contributed by atoms with Crippen LogP contribution < -0.4 is 5.32 Å². The first-order valence-electron chi connectivity index (χ1n) is 5.38. The molecular formula is C12H15BrFNO2S. The van der Waals surface area contributed by atoms with Crippen LogP contribution in [0.1, 0.15) is 17.3 Å². The summed E-state index contributed by atoms with van der Waals surface area (Å²) in [6.07, 6.45) is 1.86. The predicted molar refractivity (Wildman–Crippen MR) is 75.4 cm³/mol. The largest absolute Gasteiger partial charge is 0.395 e. The number of carbonyl (C=O) groups is 1. The first kappa shape index (κ1) is 15.5. The van der Waals surface area contributed by atoms with Crippen LogP contribution in [0, 0.1) is 5.82 Å². The lowest BCUT2D eigenvalue weighted by atomic mass is 10.1. The molecule has 100 valence electrons. The molecule has 1 aromatic carbocycles. The van der Waals surface area contributed by atoms with Crippen LogP contribution in [0.2, 0.25) is 0 Å². The number of aliphatic hydroxyl groups excluding tert-OH is 1. The average molecular weight is 336 g/mol. The maximum atomic E-state index is 13.2. The Bertz CT molecular complexity index is 406. The molecule has 0 radical (unpaired) electrons. The van der Waals surface area contributed by atoms with E-state index >= 15 is 0 Å². The minimum absolute atomic E-state index is 0.0184. The van der Waals surface area contributed by atoms with Crippen molar-refractivity contribution in [3.05, 3.63) is 34.1 Å². The molecule has 1 amide bonds. The molecule has 0 aliphatic heterocycles. The number of hydrogen-bond donors (Lipinski definition) is 2. The van der Waals surface area contributed by atoms with Gasteiger partial charge in [0.2, 0.25) is 0 Å². The summed E-state index contributed by atoms with van der Waals surface area (Å²) >= 11 is 4.61. The fourth-order valence-electron chi connectivity index (χ4n) is 1.50. The molecule has 0 fully saturated rings. The zero-order chi connectivity index (χ0) is 13.7. The van der Waals surface area contributed by atoms with Gasteiger partial charge in [0.05, 0.1) is 6.61 Å². The summed E-state index contributed by atoms with van der Waals surface area (Å²) in [6, 6.07) is 3.83. The van der Waals surface area contributed by atoms with Crippen molar-refractivity contribution in [1.82, 2.24) is 5.32 Å². The van der Waals surface area contributed by atoms with Crippen LogP contribution in [0.5, 0.6) is 0 Å². The van der Waals surface area contributed by atoms with Crippen LogP contribution in [0.3, 0.4) is 0 Å². The van der Waals surface area contributed by atoms with E-state index in [-0.39, 0.29) is 29.4 Å². The standard InChI is InChI=1S/C12H15BrFNO2S/c1-7(11(6-16)18-2)15-12(17)8-3-9(13)5-10(14)4-8/h3-5,7,11,16H,6H2,1-2H3,(H,15,17). The molecule has 1 aromatic rings. The number of hydrogen-bond acceptors (Lipinski definition) is 3. The normalized spacial score (nSPS) is 14.1. The monoisotopic (exact) mass is 335 g/mol. The molecule has 0 heterocycles. The Morgan fingerprint density at radius 3 is 2.72 bits per heavy atom. The maximum absolute atomic E-state index is 13.2. The molecule has 1 rings (SSSR count). The van der Waals surface area contributed by atoms with Gasteiger partial charge in [-0.15, -0.1) is 0 Å². The predicted octanol–water partition coefficient (Wildman–Crippen LogP) is 2.43. The van der Waals surface area contributed by atoms with Crippen LogP contribution in [0.4, 0.5) is 4.39 Å². The summed E-state index contributed by atoms with van der Waals surface area (Å²) in [5.74, 6) is -0.819. The molecule has 2 atom stereocenters. The topological polar surface area (TPSA) is 49.3 Å². The summed E-state index contributed by atoms with van der Waals surface area (Å²) < 4.78 is 13.7. The van der Waals surface area contributed by atoms with Crippen LogP contribution in [0.15, 0.2) is 22.7 Å². The van der Waals surface area contributed by atoms with Gasteiger partial charge in [-0.1, -0.05) is 15.9 Å². The Labute approximate surface area is 118 Å². The van der Waals surface area contributed by atoms with Gasteiger partial charge < -0.3 is 10.4 Å². The highest BCUT2D eigenvalue weighted by Crippen LogP contribution is 2.16. The Kier molecular flexibility index (Phi) is 6.11.